The normalized spacial score (nSPS) is 22.4. The van der Waals surface area contributed by atoms with Gasteiger partial charge in [0.25, 0.3) is 0 Å². The zero-order valence-corrected chi connectivity index (χ0v) is 15.1. The molecule has 2 atom stereocenters. The Morgan fingerprint density at radius 1 is 1.35 bits per heavy atom. The lowest BCUT2D eigenvalue weighted by molar-refractivity contribution is -0.139. The van der Waals surface area contributed by atoms with E-state index in [1.165, 1.54) is 0 Å². The molecule has 136 valence electrons. The molecule has 26 heavy (non-hydrogen) atoms. The third-order valence-corrected chi connectivity index (χ3v) is 4.01. The molecule has 1 aliphatic rings. The number of rotatable bonds is 5. The molecule has 7 heteroatoms. The van der Waals surface area contributed by atoms with Crippen LogP contribution in [0.15, 0.2) is 46.7 Å². The van der Waals surface area contributed by atoms with E-state index in [-0.39, 0.29) is 6.61 Å². The van der Waals surface area contributed by atoms with E-state index in [9.17, 15) is 14.9 Å². The van der Waals surface area contributed by atoms with Crippen LogP contribution in [0, 0.1) is 11.3 Å². The fourth-order valence-electron chi connectivity index (χ4n) is 3.01. The fraction of sp³-hybridized carbons (Fsp3) is 0.368. The minimum absolute atomic E-state index is 0.211. The summed E-state index contributed by atoms with van der Waals surface area (Å²) in [6, 6.07) is 10.9. The lowest BCUT2D eigenvalue weighted by Crippen LogP contribution is -2.34. The van der Waals surface area contributed by atoms with Crippen LogP contribution in [0.25, 0.3) is 0 Å². The predicted octanol–water partition coefficient (Wildman–Crippen LogP) is 2.49. The van der Waals surface area contributed by atoms with Gasteiger partial charge >= 0.3 is 11.9 Å². The number of nitrogens with zero attached hydrogens (tertiary/aromatic N) is 2. The number of esters is 2. The van der Waals surface area contributed by atoms with Crippen LogP contribution in [0.5, 0.6) is 0 Å². The van der Waals surface area contributed by atoms with E-state index in [1.54, 1.807) is 26.8 Å². The molecule has 0 saturated heterocycles. The van der Waals surface area contributed by atoms with Crippen molar-refractivity contribution in [1.82, 2.24) is 0 Å². The highest BCUT2D eigenvalue weighted by Gasteiger charge is 2.50. The Balaban J connectivity index is 2.60. The Morgan fingerprint density at radius 3 is 2.54 bits per heavy atom. The summed E-state index contributed by atoms with van der Waals surface area (Å²) in [6.07, 6.45) is 0. The third-order valence-electron chi connectivity index (χ3n) is 4.01. The first kappa shape index (κ1) is 19.2. The molecule has 0 fully saturated rings. The number of carbonyl (C=O) groups is 2. The molecule has 0 radical (unpaired) electrons. The molecule has 1 aromatic carbocycles. The largest absolute Gasteiger partial charge is 0.469 e. The number of nitriles is 1. The molecule has 7 nitrogen and oxygen atoms in total. The molecule has 1 aromatic rings. The second-order valence-corrected chi connectivity index (χ2v) is 5.75. The van der Waals surface area contributed by atoms with E-state index in [2.05, 4.69) is 9.73 Å². The van der Waals surface area contributed by atoms with Crippen molar-refractivity contribution in [2.24, 2.45) is 4.99 Å². The van der Waals surface area contributed by atoms with Crippen LogP contribution in [0.4, 0.5) is 0 Å². The van der Waals surface area contributed by atoms with Gasteiger partial charge in [-0.25, -0.2) is 14.6 Å². The van der Waals surface area contributed by atoms with Gasteiger partial charge < -0.3 is 14.2 Å². The van der Waals surface area contributed by atoms with Gasteiger partial charge in [-0.05, 0) is 26.3 Å². The zero-order valence-electron chi connectivity index (χ0n) is 15.1. The third kappa shape index (κ3) is 3.59. The van der Waals surface area contributed by atoms with Gasteiger partial charge in [0.05, 0.1) is 25.2 Å². The van der Waals surface area contributed by atoms with E-state index < -0.39 is 29.3 Å². The molecule has 0 aromatic heterocycles. The lowest BCUT2D eigenvalue weighted by Gasteiger charge is -2.28. The van der Waals surface area contributed by atoms with Crippen LogP contribution in [-0.2, 0) is 23.8 Å². The molecular weight excluding hydrogens is 336 g/mol. The average Bonchev–Trinajstić information content (AvgIpc) is 2.90. The van der Waals surface area contributed by atoms with E-state index in [4.69, 9.17) is 9.47 Å². The second-order valence-electron chi connectivity index (χ2n) is 5.75. The van der Waals surface area contributed by atoms with Crippen LogP contribution in [0.1, 0.15) is 32.3 Å². The Morgan fingerprint density at radius 2 is 2.00 bits per heavy atom. The van der Waals surface area contributed by atoms with Crippen molar-refractivity contribution >= 4 is 17.7 Å². The van der Waals surface area contributed by atoms with Crippen molar-refractivity contribution in [3.63, 3.8) is 0 Å². The van der Waals surface area contributed by atoms with Gasteiger partial charge in [0.2, 0.25) is 11.4 Å². The number of carbonyl (C=O) groups excluding carboxylic acids is 2. The van der Waals surface area contributed by atoms with E-state index >= 15 is 0 Å². The summed E-state index contributed by atoms with van der Waals surface area (Å²) in [5.41, 5.74) is -0.742. The maximum absolute atomic E-state index is 12.5. The molecule has 0 saturated carbocycles. The predicted molar refractivity (Wildman–Crippen MR) is 93.1 cm³/mol. The number of hydrogen-bond acceptors (Lipinski definition) is 7. The van der Waals surface area contributed by atoms with Crippen LogP contribution >= 0.6 is 0 Å². The highest BCUT2D eigenvalue weighted by atomic mass is 16.5. The number of hydrogen-bond donors (Lipinski definition) is 0. The first-order valence-electron chi connectivity index (χ1n) is 8.08. The summed E-state index contributed by atoms with van der Waals surface area (Å²) in [4.78, 5) is 28.5. The summed E-state index contributed by atoms with van der Waals surface area (Å²) >= 11 is 0. The van der Waals surface area contributed by atoms with Gasteiger partial charge in [0, 0.05) is 0 Å². The average molecular weight is 356 g/mol. The molecule has 1 aliphatic heterocycles. The molecule has 0 bridgehead atoms. The minimum Gasteiger partial charge on any atom is -0.469 e. The van der Waals surface area contributed by atoms with Gasteiger partial charge in [0.1, 0.15) is 11.8 Å². The minimum atomic E-state index is -1.37. The summed E-state index contributed by atoms with van der Waals surface area (Å²) in [5, 5.41) is 9.24. The van der Waals surface area contributed by atoms with E-state index in [1.807, 2.05) is 30.3 Å². The first-order chi connectivity index (χ1) is 12.4. The van der Waals surface area contributed by atoms with Crippen molar-refractivity contribution in [1.29, 1.82) is 5.26 Å². The van der Waals surface area contributed by atoms with Crippen LogP contribution in [-0.4, -0.2) is 37.1 Å². The number of allylic oxidation sites excluding steroid dienone is 1. The first-order valence-corrected chi connectivity index (χ1v) is 8.08. The SMILES string of the molecule is CCOC(=O)C1=C(C)O[C@@](C)(N=C(C#N)C(=O)OC)[C@@H]1c1ccccc1. The number of methoxy groups -OCH3 is 1. The van der Waals surface area contributed by atoms with Gasteiger partial charge in [-0.15, -0.1) is 0 Å². The molecule has 1 heterocycles. The monoisotopic (exact) mass is 356 g/mol. The molecule has 0 spiro atoms. The fourth-order valence-corrected chi connectivity index (χ4v) is 3.01. The second kappa shape index (κ2) is 7.83. The molecule has 0 amide bonds. The smallest absolute Gasteiger partial charge is 0.367 e. The summed E-state index contributed by atoms with van der Waals surface area (Å²) < 4.78 is 15.6. The summed E-state index contributed by atoms with van der Waals surface area (Å²) in [7, 11) is 1.16. The lowest BCUT2D eigenvalue weighted by atomic mass is 9.84. The van der Waals surface area contributed by atoms with Crippen molar-refractivity contribution in [2.75, 3.05) is 13.7 Å². The Kier molecular flexibility index (Phi) is 5.78. The highest BCUT2D eigenvalue weighted by molar-refractivity contribution is 6.43. The van der Waals surface area contributed by atoms with Crippen molar-refractivity contribution in [3.05, 3.63) is 47.2 Å². The van der Waals surface area contributed by atoms with Gasteiger partial charge in [-0.2, -0.15) is 5.26 Å². The van der Waals surface area contributed by atoms with Crippen LogP contribution in [0.3, 0.4) is 0 Å². The maximum Gasteiger partial charge on any atom is 0.367 e. The quantitative estimate of drug-likeness (QED) is 0.594. The standard InChI is InChI=1S/C19H20N2O5/c1-5-25-18(23)15-12(2)26-19(3,21-14(11-20)17(22)24-4)16(15)13-9-7-6-8-10-13/h6-10,16H,5H2,1-4H3/t16-,19-/m1/s1. The van der Waals surface area contributed by atoms with Crippen LogP contribution in [0.2, 0.25) is 0 Å². The number of benzene rings is 1. The van der Waals surface area contributed by atoms with Crippen LogP contribution < -0.4 is 0 Å². The molecule has 2 rings (SSSR count). The summed E-state index contributed by atoms with van der Waals surface area (Å²) in [5.74, 6) is -1.69. The number of ether oxygens (including phenoxy) is 3. The number of aliphatic imine (C=N–C) groups is 1. The van der Waals surface area contributed by atoms with Gasteiger partial charge in [-0.1, -0.05) is 30.3 Å². The molecule has 0 N–H and O–H groups in total. The maximum atomic E-state index is 12.5. The Labute approximate surface area is 151 Å². The Hall–Kier alpha value is -3.14. The zero-order chi connectivity index (χ0) is 19.3. The summed E-state index contributed by atoms with van der Waals surface area (Å²) in [6.45, 7) is 5.17. The highest BCUT2D eigenvalue weighted by Crippen LogP contribution is 2.47. The van der Waals surface area contributed by atoms with Gasteiger partial charge in [-0.3, -0.25) is 0 Å². The van der Waals surface area contributed by atoms with E-state index in [0.717, 1.165) is 12.7 Å². The van der Waals surface area contributed by atoms with Crippen molar-refractivity contribution < 1.29 is 23.8 Å². The van der Waals surface area contributed by atoms with Crippen molar-refractivity contribution in [2.45, 2.75) is 32.4 Å². The van der Waals surface area contributed by atoms with Crippen molar-refractivity contribution in [3.8, 4) is 6.07 Å². The molecular formula is C19H20N2O5. The topological polar surface area (TPSA) is 98.0 Å². The van der Waals surface area contributed by atoms with E-state index in [0.29, 0.717) is 11.3 Å². The van der Waals surface area contributed by atoms with Gasteiger partial charge in [0.15, 0.2) is 0 Å². The Bertz CT molecular complexity index is 807. The molecule has 0 unspecified atom stereocenters. The molecule has 0 aliphatic carbocycles.